The Morgan fingerprint density at radius 2 is 2.11 bits per heavy atom. The van der Waals surface area contributed by atoms with Crippen molar-refractivity contribution in [3.8, 4) is 5.75 Å². The molecule has 1 atom stereocenters. The maximum atomic E-state index is 10.1. The van der Waals surface area contributed by atoms with Gasteiger partial charge in [0.2, 0.25) is 0 Å². The van der Waals surface area contributed by atoms with Crippen molar-refractivity contribution in [1.82, 2.24) is 9.55 Å². The van der Waals surface area contributed by atoms with Gasteiger partial charge in [0.15, 0.2) is 6.23 Å². The number of aromatic nitrogens is 2. The van der Waals surface area contributed by atoms with Crippen molar-refractivity contribution in [2.45, 2.75) is 13.2 Å². The highest BCUT2D eigenvalue weighted by Gasteiger charge is 2.07. The van der Waals surface area contributed by atoms with E-state index >= 15 is 0 Å². The molecule has 1 aromatic carbocycles. The summed E-state index contributed by atoms with van der Waals surface area (Å²) < 4.78 is 6.75. The number of aliphatic hydroxyl groups is 1. The van der Waals surface area contributed by atoms with Crippen molar-refractivity contribution in [3.63, 3.8) is 0 Å². The molecule has 2 rings (SSSR count). The van der Waals surface area contributed by atoms with Crippen molar-refractivity contribution >= 4 is 6.08 Å². The fourth-order valence-corrected chi connectivity index (χ4v) is 1.69. The largest absolute Gasteiger partial charge is 0.497 e. The fourth-order valence-electron chi connectivity index (χ4n) is 1.69. The highest BCUT2D eigenvalue weighted by atomic mass is 16.5. The first kappa shape index (κ1) is 12.4. The molecule has 2 aromatic rings. The summed E-state index contributed by atoms with van der Waals surface area (Å²) in [6, 6.07) is 7.68. The summed E-state index contributed by atoms with van der Waals surface area (Å²) >= 11 is 0. The summed E-state index contributed by atoms with van der Waals surface area (Å²) in [6.07, 6.45) is 6.22. The van der Waals surface area contributed by atoms with Crippen molar-refractivity contribution in [1.29, 1.82) is 0 Å². The van der Waals surface area contributed by atoms with Gasteiger partial charge in [-0.25, -0.2) is 4.98 Å². The summed E-state index contributed by atoms with van der Waals surface area (Å²) in [5.74, 6) is 0.819. The van der Waals surface area contributed by atoms with E-state index in [0.29, 0.717) is 0 Å². The molecule has 0 aliphatic carbocycles. The quantitative estimate of drug-likeness (QED) is 0.898. The van der Waals surface area contributed by atoms with Crippen molar-refractivity contribution in [2.75, 3.05) is 7.11 Å². The van der Waals surface area contributed by atoms with Gasteiger partial charge in [-0.2, -0.15) is 0 Å². The molecule has 0 fully saturated rings. The van der Waals surface area contributed by atoms with E-state index in [1.807, 2.05) is 37.3 Å². The predicted molar refractivity (Wildman–Crippen MR) is 70.1 cm³/mol. The van der Waals surface area contributed by atoms with Gasteiger partial charge in [-0.05, 0) is 30.2 Å². The number of aliphatic hydroxyl groups excluding tert-OH is 1. The summed E-state index contributed by atoms with van der Waals surface area (Å²) in [5, 5.41) is 10.1. The monoisotopic (exact) mass is 244 g/mol. The van der Waals surface area contributed by atoms with Crippen LogP contribution in [0.15, 0.2) is 48.6 Å². The average molecular weight is 244 g/mol. The molecule has 0 aliphatic heterocycles. The molecule has 1 unspecified atom stereocenters. The molecular weight excluding hydrogens is 228 g/mol. The van der Waals surface area contributed by atoms with Gasteiger partial charge in [0.05, 0.1) is 13.4 Å². The Kier molecular flexibility index (Phi) is 3.79. The van der Waals surface area contributed by atoms with Gasteiger partial charge in [-0.1, -0.05) is 18.2 Å². The van der Waals surface area contributed by atoms with Crippen molar-refractivity contribution in [3.05, 3.63) is 54.1 Å². The molecule has 1 N–H and O–H groups in total. The molecule has 0 saturated carbocycles. The summed E-state index contributed by atoms with van der Waals surface area (Å²) in [6.45, 7) is 1.88. The molecular formula is C14H16N2O2. The molecule has 1 heterocycles. The van der Waals surface area contributed by atoms with Crippen LogP contribution in [0, 0.1) is 0 Å². The maximum Gasteiger partial charge on any atom is 0.153 e. The molecule has 0 spiro atoms. The Morgan fingerprint density at radius 3 is 2.67 bits per heavy atom. The maximum absolute atomic E-state index is 10.1. The van der Waals surface area contributed by atoms with Crippen LogP contribution in [-0.4, -0.2) is 21.8 Å². The van der Waals surface area contributed by atoms with E-state index < -0.39 is 6.23 Å². The molecule has 0 amide bonds. The van der Waals surface area contributed by atoms with E-state index in [1.54, 1.807) is 30.4 Å². The number of hydrogen-bond acceptors (Lipinski definition) is 3. The average Bonchev–Trinajstić information content (AvgIpc) is 2.92. The second-order valence-corrected chi connectivity index (χ2v) is 4.05. The number of ether oxygens (including phenoxy) is 1. The zero-order valence-electron chi connectivity index (χ0n) is 10.4. The molecule has 1 aromatic heterocycles. The standard InChI is InChI=1S/C14H16N2O2/c1-11(14(17)16-8-7-15-10-16)9-12-3-5-13(18-2)6-4-12/h3-10,14,17H,1-2H3/b11-9+. The van der Waals surface area contributed by atoms with Crippen LogP contribution in [0.1, 0.15) is 18.7 Å². The first-order valence-electron chi connectivity index (χ1n) is 5.68. The first-order valence-corrected chi connectivity index (χ1v) is 5.68. The number of benzene rings is 1. The Balaban J connectivity index is 2.16. The Hall–Kier alpha value is -2.07. The first-order chi connectivity index (χ1) is 8.70. The molecule has 0 saturated heterocycles. The predicted octanol–water partition coefficient (Wildman–Crippen LogP) is 2.49. The summed E-state index contributed by atoms with van der Waals surface area (Å²) in [4.78, 5) is 3.91. The highest BCUT2D eigenvalue weighted by Crippen LogP contribution is 2.19. The minimum absolute atomic E-state index is 0.686. The Morgan fingerprint density at radius 1 is 1.39 bits per heavy atom. The van der Waals surface area contributed by atoms with Crippen LogP contribution in [0.3, 0.4) is 0 Å². The van der Waals surface area contributed by atoms with E-state index in [2.05, 4.69) is 4.98 Å². The lowest BCUT2D eigenvalue weighted by molar-refractivity contribution is 0.143. The second kappa shape index (κ2) is 5.51. The molecule has 4 nitrogen and oxygen atoms in total. The SMILES string of the molecule is COc1ccc(/C=C(\C)C(O)n2ccnc2)cc1. The molecule has 0 bridgehead atoms. The van der Waals surface area contributed by atoms with E-state index in [9.17, 15) is 5.11 Å². The minimum atomic E-state index is -0.686. The van der Waals surface area contributed by atoms with E-state index in [-0.39, 0.29) is 0 Å². The van der Waals surface area contributed by atoms with Crippen LogP contribution in [0.2, 0.25) is 0 Å². The van der Waals surface area contributed by atoms with Gasteiger partial charge in [0.1, 0.15) is 5.75 Å². The van der Waals surface area contributed by atoms with Crippen LogP contribution in [0.25, 0.3) is 6.08 Å². The third-order valence-electron chi connectivity index (χ3n) is 2.72. The van der Waals surface area contributed by atoms with Crippen molar-refractivity contribution in [2.24, 2.45) is 0 Å². The lowest BCUT2D eigenvalue weighted by atomic mass is 10.1. The zero-order valence-corrected chi connectivity index (χ0v) is 10.4. The van der Waals surface area contributed by atoms with E-state index in [0.717, 1.165) is 16.9 Å². The number of methoxy groups -OCH3 is 1. The topological polar surface area (TPSA) is 47.3 Å². The molecule has 94 valence electrons. The van der Waals surface area contributed by atoms with E-state index in [1.165, 1.54) is 0 Å². The smallest absolute Gasteiger partial charge is 0.153 e. The summed E-state index contributed by atoms with van der Waals surface area (Å²) in [7, 11) is 1.64. The van der Waals surface area contributed by atoms with Gasteiger partial charge >= 0.3 is 0 Å². The third-order valence-corrected chi connectivity index (χ3v) is 2.72. The van der Waals surface area contributed by atoms with Gasteiger partial charge in [-0.3, -0.25) is 0 Å². The number of hydrogen-bond donors (Lipinski definition) is 1. The van der Waals surface area contributed by atoms with Gasteiger partial charge in [0, 0.05) is 12.4 Å². The number of rotatable bonds is 4. The minimum Gasteiger partial charge on any atom is -0.497 e. The van der Waals surface area contributed by atoms with E-state index in [4.69, 9.17) is 4.74 Å². The van der Waals surface area contributed by atoms with Gasteiger partial charge < -0.3 is 14.4 Å². The molecule has 4 heteroatoms. The number of nitrogens with zero attached hydrogens (tertiary/aromatic N) is 2. The van der Waals surface area contributed by atoms with Gasteiger partial charge in [-0.15, -0.1) is 0 Å². The second-order valence-electron chi connectivity index (χ2n) is 4.05. The van der Waals surface area contributed by atoms with Crippen LogP contribution in [0.5, 0.6) is 5.75 Å². The number of imidazole rings is 1. The van der Waals surface area contributed by atoms with Crippen LogP contribution in [0.4, 0.5) is 0 Å². The normalized spacial score (nSPS) is 13.4. The highest BCUT2D eigenvalue weighted by molar-refractivity contribution is 5.53. The lowest BCUT2D eigenvalue weighted by Gasteiger charge is -2.12. The fraction of sp³-hybridized carbons (Fsp3) is 0.214. The van der Waals surface area contributed by atoms with Crippen molar-refractivity contribution < 1.29 is 9.84 Å². The Bertz CT molecular complexity index is 515. The molecule has 0 aliphatic rings. The molecule has 0 radical (unpaired) electrons. The lowest BCUT2D eigenvalue weighted by Crippen LogP contribution is -2.06. The summed E-state index contributed by atoms with van der Waals surface area (Å²) in [5.41, 5.74) is 1.87. The molecule has 18 heavy (non-hydrogen) atoms. The van der Waals surface area contributed by atoms with Gasteiger partial charge in [0.25, 0.3) is 0 Å². The Labute approximate surface area is 106 Å². The van der Waals surface area contributed by atoms with Crippen LogP contribution < -0.4 is 4.74 Å². The van der Waals surface area contributed by atoms with Crippen LogP contribution >= 0.6 is 0 Å². The van der Waals surface area contributed by atoms with Crippen LogP contribution in [-0.2, 0) is 0 Å². The third kappa shape index (κ3) is 2.78. The zero-order chi connectivity index (χ0) is 13.0.